The topological polar surface area (TPSA) is 33.2 Å². The van der Waals surface area contributed by atoms with Gasteiger partial charge in [-0.1, -0.05) is 15.9 Å². The van der Waals surface area contributed by atoms with Crippen molar-refractivity contribution in [1.29, 1.82) is 0 Å². The molecule has 1 saturated heterocycles. The largest absolute Gasteiger partial charge is 0.336 e. The highest BCUT2D eigenvalue weighted by molar-refractivity contribution is 9.10. The van der Waals surface area contributed by atoms with Gasteiger partial charge in [0.05, 0.1) is 22.1 Å². The summed E-state index contributed by atoms with van der Waals surface area (Å²) in [6, 6.07) is 0. The Hall–Kier alpha value is -0.420. The number of rotatable bonds is 2. The maximum absolute atomic E-state index is 11.6. The summed E-state index contributed by atoms with van der Waals surface area (Å²) in [7, 11) is 0. The highest BCUT2D eigenvalue weighted by atomic mass is 79.9. The molecule has 0 spiro atoms. The Kier molecular flexibility index (Phi) is 2.88. The molecule has 0 saturated carbocycles. The molecule has 0 aliphatic carbocycles. The first-order valence-electron chi connectivity index (χ1n) is 4.50. The molecule has 0 radical (unpaired) electrons. The molecule has 2 rings (SSSR count). The fraction of sp³-hybridized carbons (Fsp3) is 0.556. The van der Waals surface area contributed by atoms with Crippen LogP contribution in [0.3, 0.4) is 0 Å². The van der Waals surface area contributed by atoms with E-state index in [0.717, 1.165) is 23.7 Å². The normalized spacial score (nSPS) is 22.0. The smallest absolute Gasteiger partial charge is 0.236 e. The van der Waals surface area contributed by atoms with Crippen LogP contribution < -0.4 is 0 Å². The molecule has 1 aromatic heterocycles. The maximum atomic E-state index is 11.6. The van der Waals surface area contributed by atoms with Crippen LogP contribution in [-0.4, -0.2) is 27.2 Å². The molecule has 1 aromatic rings. The van der Waals surface area contributed by atoms with Crippen molar-refractivity contribution in [2.45, 2.75) is 24.7 Å². The molecule has 1 fully saturated rings. The summed E-state index contributed by atoms with van der Waals surface area (Å²) >= 11 is 4.98. The fourth-order valence-electron chi connectivity index (χ4n) is 1.53. The molecule has 14 heavy (non-hydrogen) atoms. The zero-order valence-electron chi connectivity index (χ0n) is 7.86. The van der Waals surface area contributed by atoms with Crippen LogP contribution in [-0.2, 0) is 11.3 Å². The standard InChI is InChI=1S/C9H11BrN2OS/c1-6-11-7(5-14-6)4-12-3-2-8(10)9(12)13/h5,8H,2-4H2,1H3. The molecule has 1 unspecified atom stereocenters. The number of carbonyl (C=O) groups is 1. The Morgan fingerprint density at radius 1 is 1.79 bits per heavy atom. The SMILES string of the molecule is Cc1nc(CN2CCC(Br)C2=O)cs1. The van der Waals surface area contributed by atoms with Crippen LogP contribution >= 0.6 is 27.3 Å². The number of likely N-dealkylation sites (tertiary alicyclic amines) is 1. The molecule has 2 heterocycles. The van der Waals surface area contributed by atoms with Crippen molar-refractivity contribution in [3.05, 3.63) is 16.1 Å². The fourth-order valence-corrected chi connectivity index (χ4v) is 2.63. The quantitative estimate of drug-likeness (QED) is 0.773. The van der Waals surface area contributed by atoms with Gasteiger partial charge in [0.2, 0.25) is 5.91 Å². The molecule has 0 N–H and O–H groups in total. The highest BCUT2D eigenvalue weighted by Gasteiger charge is 2.29. The van der Waals surface area contributed by atoms with E-state index in [0.29, 0.717) is 6.54 Å². The van der Waals surface area contributed by atoms with Crippen LogP contribution in [0.25, 0.3) is 0 Å². The summed E-state index contributed by atoms with van der Waals surface area (Å²) in [5, 5.41) is 3.08. The second-order valence-corrected chi connectivity index (χ2v) is 5.54. The number of alkyl halides is 1. The lowest BCUT2D eigenvalue weighted by atomic mass is 10.4. The molecular weight excluding hydrogens is 264 g/mol. The third-order valence-electron chi connectivity index (χ3n) is 2.25. The summed E-state index contributed by atoms with van der Waals surface area (Å²) in [6.45, 7) is 3.48. The van der Waals surface area contributed by atoms with Gasteiger partial charge in [-0.15, -0.1) is 11.3 Å². The molecule has 1 atom stereocenters. The molecule has 76 valence electrons. The van der Waals surface area contributed by atoms with Gasteiger partial charge in [0.1, 0.15) is 0 Å². The van der Waals surface area contributed by atoms with Crippen LogP contribution in [0.1, 0.15) is 17.1 Å². The Bertz CT molecular complexity index is 352. The Balaban J connectivity index is 2.02. The molecule has 0 aromatic carbocycles. The van der Waals surface area contributed by atoms with E-state index >= 15 is 0 Å². The molecule has 1 aliphatic heterocycles. The van der Waals surface area contributed by atoms with Crippen molar-refractivity contribution in [3.63, 3.8) is 0 Å². The Morgan fingerprint density at radius 2 is 2.57 bits per heavy atom. The first-order chi connectivity index (χ1) is 6.66. The average molecular weight is 275 g/mol. The lowest BCUT2D eigenvalue weighted by Gasteiger charge is -2.13. The van der Waals surface area contributed by atoms with E-state index in [1.165, 1.54) is 0 Å². The Labute approximate surface area is 95.3 Å². The van der Waals surface area contributed by atoms with E-state index in [4.69, 9.17) is 0 Å². The van der Waals surface area contributed by atoms with E-state index in [1.54, 1.807) is 11.3 Å². The van der Waals surface area contributed by atoms with Crippen molar-refractivity contribution in [3.8, 4) is 0 Å². The average Bonchev–Trinajstić information content (AvgIpc) is 2.67. The van der Waals surface area contributed by atoms with Crippen molar-refractivity contribution in [1.82, 2.24) is 9.88 Å². The zero-order chi connectivity index (χ0) is 10.1. The van der Waals surface area contributed by atoms with Gasteiger partial charge < -0.3 is 4.90 Å². The van der Waals surface area contributed by atoms with Gasteiger partial charge in [-0.25, -0.2) is 4.98 Å². The van der Waals surface area contributed by atoms with Gasteiger partial charge in [0, 0.05) is 11.9 Å². The van der Waals surface area contributed by atoms with Crippen molar-refractivity contribution < 1.29 is 4.79 Å². The van der Waals surface area contributed by atoms with E-state index in [2.05, 4.69) is 20.9 Å². The number of aryl methyl sites for hydroxylation is 1. The van der Waals surface area contributed by atoms with E-state index in [9.17, 15) is 4.79 Å². The molecule has 1 amide bonds. The maximum Gasteiger partial charge on any atom is 0.236 e. The lowest BCUT2D eigenvalue weighted by Crippen LogP contribution is -2.27. The number of thiazole rings is 1. The van der Waals surface area contributed by atoms with Crippen LogP contribution in [0.15, 0.2) is 5.38 Å². The second kappa shape index (κ2) is 3.98. The van der Waals surface area contributed by atoms with Crippen LogP contribution in [0.5, 0.6) is 0 Å². The lowest BCUT2D eigenvalue weighted by molar-refractivity contribution is -0.127. The minimum absolute atomic E-state index is 0.0160. The second-order valence-electron chi connectivity index (χ2n) is 3.37. The van der Waals surface area contributed by atoms with Gasteiger partial charge in [0.15, 0.2) is 0 Å². The van der Waals surface area contributed by atoms with Gasteiger partial charge >= 0.3 is 0 Å². The van der Waals surface area contributed by atoms with Crippen molar-refractivity contribution in [2.24, 2.45) is 0 Å². The first kappa shape index (κ1) is 10.1. The van der Waals surface area contributed by atoms with Crippen molar-refractivity contribution >= 4 is 33.2 Å². The number of aromatic nitrogens is 1. The Morgan fingerprint density at radius 3 is 3.07 bits per heavy atom. The van der Waals surface area contributed by atoms with E-state index < -0.39 is 0 Å². The third kappa shape index (κ3) is 1.98. The van der Waals surface area contributed by atoms with Gasteiger partial charge in [-0.3, -0.25) is 4.79 Å². The number of amides is 1. The predicted molar refractivity (Wildman–Crippen MR) is 59.6 cm³/mol. The van der Waals surface area contributed by atoms with Crippen LogP contribution in [0.4, 0.5) is 0 Å². The first-order valence-corrected chi connectivity index (χ1v) is 6.30. The molecule has 5 heteroatoms. The minimum Gasteiger partial charge on any atom is -0.336 e. The monoisotopic (exact) mass is 274 g/mol. The third-order valence-corrected chi connectivity index (χ3v) is 3.92. The van der Waals surface area contributed by atoms with Crippen molar-refractivity contribution in [2.75, 3.05) is 6.54 Å². The zero-order valence-corrected chi connectivity index (χ0v) is 10.3. The summed E-state index contributed by atoms with van der Waals surface area (Å²) in [5.74, 6) is 0.190. The molecule has 1 aliphatic rings. The van der Waals surface area contributed by atoms with Crippen LogP contribution in [0.2, 0.25) is 0 Å². The van der Waals surface area contributed by atoms with Gasteiger partial charge in [-0.2, -0.15) is 0 Å². The predicted octanol–water partition coefficient (Wildman–Crippen LogP) is 1.95. The molecular formula is C9H11BrN2OS. The minimum atomic E-state index is 0.0160. The summed E-state index contributed by atoms with van der Waals surface area (Å²) in [6.07, 6.45) is 0.905. The van der Waals surface area contributed by atoms with E-state index in [-0.39, 0.29) is 10.7 Å². The number of halogens is 1. The number of hydrogen-bond donors (Lipinski definition) is 0. The van der Waals surface area contributed by atoms with Gasteiger partial charge in [-0.05, 0) is 13.3 Å². The highest BCUT2D eigenvalue weighted by Crippen LogP contribution is 2.20. The number of nitrogens with zero attached hydrogens (tertiary/aromatic N) is 2. The van der Waals surface area contributed by atoms with E-state index in [1.807, 2.05) is 17.2 Å². The van der Waals surface area contributed by atoms with Gasteiger partial charge in [0.25, 0.3) is 0 Å². The molecule has 3 nitrogen and oxygen atoms in total. The number of hydrogen-bond acceptors (Lipinski definition) is 3. The summed E-state index contributed by atoms with van der Waals surface area (Å²) < 4.78 is 0. The summed E-state index contributed by atoms with van der Waals surface area (Å²) in [5.41, 5.74) is 1.00. The number of carbonyl (C=O) groups excluding carboxylic acids is 1. The van der Waals surface area contributed by atoms with Crippen LogP contribution in [0, 0.1) is 6.92 Å². The summed E-state index contributed by atoms with van der Waals surface area (Å²) in [4.78, 5) is 17.8. The molecule has 0 bridgehead atoms.